The van der Waals surface area contributed by atoms with E-state index >= 15 is 0 Å². The van der Waals surface area contributed by atoms with Crippen LogP contribution in [0.1, 0.15) is 37.4 Å². The fourth-order valence-electron chi connectivity index (χ4n) is 4.13. The van der Waals surface area contributed by atoms with E-state index in [1.54, 1.807) is 11.6 Å². The normalized spacial score (nSPS) is 16.1. The van der Waals surface area contributed by atoms with Crippen molar-refractivity contribution >= 4 is 26.4 Å². The van der Waals surface area contributed by atoms with Gasteiger partial charge in [0.05, 0.1) is 11.8 Å². The van der Waals surface area contributed by atoms with Gasteiger partial charge in [-0.1, -0.05) is 19.9 Å². The van der Waals surface area contributed by atoms with Crippen LogP contribution in [-0.4, -0.2) is 24.2 Å². The second-order valence-electron chi connectivity index (χ2n) is 8.23. The van der Waals surface area contributed by atoms with Gasteiger partial charge in [-0.2, -0.15) is 0 Å². The number of anilines is 1. The highest BCUT2D eigenvalue weighted by molar-refractivity contribution is 7.89. The van der Waals surface area contributed by atoms with Crippen LogP contribution >= 0.6 is 0 Å². The Bertz CT molecular complexity index is 1240. The van der Waals surface area contributed by atoms with Crippen molar-refractivity contribution in [3.05, 3.63) is 52.1 Å². The van der Waals surface area contributed by atoms with Gasteiger partial charge in [0.25, 0.3) is 5.56 Å². The molecule has 1 atom stereocenters. The Labute approximate surface area is 164 Å². The number of sulfone groups is 1. The Morgan fingerprint density at radius 1 is 1.21 bits per heavy atom. The third-order valence-corrected chi connectivity index (χ3v) is 6.11. The lowest BCUT2D eigenvalue weighted by molar-refractivity contribution is 0.533. The standard InChI is InChI=1S/C21H25N3O3S/c1-12(2)7-18-15-9-22-20-19(15)16(10-24(3)21(20)25)14-8-13(11-28(4,26)27)5-6-17(14)23-18/h5-6,8-10,12,18,22-23H,7,11H2,1-4H3. The highest BCUT2D eigenvalue weighted by atomic mass is 32.2. The number of nitrogens with zero attached hydrogens (tertiary/aromatic N) is 1. The Morgan fingerprint density at radius 2 is 1.96 bits per heavy atom. The first kappa shape index (κ1) is 18.8. The molecular formula is C21H25N3O3S. The van der Waals surface area contributed by atoms with Crippen LogP contribution in [0.5, 0.6) is 0 Å². The minimum Gasteiger partial charge on any atom is -0.378 e. The molecular weight excluding hydrogens is 374 g/mol. The quantitative estimate of drug-likeness (QED) is 0.702. The van der Waals surface area contributed by atoms with Gasteiger partial charge in [0, 0.05) is 53.5 Å². The summed E-state index contributed by atoms with van der Waals surface area (Å²) >= 11 is 0. The van der Waals surface area contributed by atoms with Gasteiger partial charge in [-0.3, -0.25) is 4.79 Å². The van der Waals surface area contributed by atoms with E-state index < -0.39 is 9.84 Å². The molecule has 1 aliphatic rings. The Morgan fingerprint density at radius 3 is 2.64 bits per heavy atom. The molecule has 0 saturated carbocycles. The van der Waals surface area contributed by atoms with E-state index in [-0.39, 0.29) is 17.4 Å². The van der Waals surface area contributed by atoms with Crippen LogP contribution in [0, 0.1) is 5.92 Å². The van der Waals surface area contributed by atoms with E-state index in [2.05, 4.69) is 24.1 Å². The van der Waals surface area contributed by atoms with Crippen molar-refractivity contribution in [2.75, 3.05) is 11.6 Å². The summed E-state index contributed by atoms with van der Waals surface area (Å²) in [7, 11) is -1.40. The second kappa shape index (κ2) is 6.51. The molecule has 1 aromatic carbocycles. The van der Waals surface area contributed by atoms with Gasteiger partial charge in [-0.25, -0.2) is 8.42 Å². The van der Waals surface area contributed by atoms with Crippen LogP contribution < -0.4 is 10.9 Å². The number of hydrogen-bond donors (Lipinski definition) is 2. The van der Waals surface area contributed by atoms with E-state index in [0.717, 1.165) is 39.7 Å². The summed E-state index contributed by atoms with van der Waals surface area (Å²) in [6, 6.07) is 5.81. The molecule has 0 spiro atoms. The molecule has 3 aromatic rings. The van der Waals surface area contributed by atoms with E-state index in [9.17, 15) is 13.2 Å². The lowest BCUT2D eigenvalue weighted by atomic mass is 9.95. The zero-order valence-electron chi connectivity index (χ0n) is 16.5. The fraction of sp³-hybridized carbons (Fsp3) is 0.381. The smallest absolute Gasteiger partial charge is 0.274 e. The molecule has 148 valence electrons. The Balaban J connectivity index is 2.02. The summed E-state index contributed by atoms with van der Waals surface area (Å²) in [5.74, 6) is 0.466. The lowest BCUT2D eigenvalue weighted by Gasteiger charge is -2.21. The maximum Gasteiger partial charge on any atom is 0.274 e. The molecule has 6 nitrogen and oxygen atoms in total. The predicted molar refractivity (Wildman–Crippen MR) is 113 cm³/mol. The first-order chi connectivity index (χ1) is 13.1. The molecule has 0 saturated heterocycles. The summed E-state index contributed by atoms with van der Waals surface area (Å²) in [6.07, 6.45) is 5.94. The van der Waals surface area contributed by atoms with Crippen molar-refractivity contribution in [1.82, 2.24) is 9.55 Å². The first-order valence-corrected chi connectivity index (χ1v) is 11.5. The molecule has 2 N–H and O–H groups in total. The van der Waals surface area contributed by atoms with Gasteiger partial charge in [0.1, 0.15) is 5.52 Å². The molecule has 28 heavy (non-hydrogen) atoms. The minimum atomic E-state index is -3.14. The van der Waals surface area contributed by atoms with Crippen molar-refractivity contribution in [3.63, 3.8) is 0 Å². The number of nitrogens with one attached hydrogen (secondary N) is 2. The molecule has 0 amide bonds. The number of benzene rings is 1. The number of aryl methyl sites for hydroxylation is 1. The van der Waals surface area contributed by atoms with Crippen molar-refractivity contribution in [3.8, 4) is 11.1 Å². The molecule has 1 aliphatic heterocycles. The minimum absolute atomic E-state index is 0.00932. The van der Waals surface area contributed by atoms with Crippen molar-refractivity contribution in [2.45, 2.75) is 32.1 Å². The first-order valence-electron chi connectivity index (χ1n) is 9.42. The maximum atomic E-state index is 12.7. The van der Waals surface area contributed by atoms with E-state index in [1.807, 2.05) is 30.6 Å². The number of rotatable bonds is 4. The van der Waals surface area contributed by atoms with E-state index in [4.69, 9.17) is 0 Å². The van der Waals surface area contributed by atoms with Gasteiger partial charge in [-0.15, -0.1) is 0 Å². The monoisotopic (exact) mass is 399 g/mol. The Hall–Kier alpha value is -2.54. The number of aromatic amines is 1. The van der Waals surface area contributed by atoms with Crippen molar-refractivity contribution in [1.29, 1.82) is 0 Å². The summed E-state index contributed by atoms with van der Waals surface area (Å²) in [5, 5.41) is 4.56. The predicted octanol–water partition coefficient (Wildman–Crippen LogP) is 3.59. The molecule has 4 rings (SSSR count). The number of hydrogen-bond acceptors (Lipinski definition) is 4. The van der Waals surface area contributed by atoms with Crippen LogP contribution in [0.15, 0.2) is 35.4 Å². The average molecular weight is 400 g/mol. The topological polar surface area (TPSA) is 84.0 Å². The highest BCUT2D eigenvalue weighted by Crippen LogP contribution is 2.43. The molecule has 0 fully saturated rings. The van der Waals surface area contributed by atoms with Crippen LogP contribution in [-0.2, 0) is 22.6 Å². The number of fused-ring (bicyclic) bond motifs is 2. The third-order valence-electron chi connectivity index (χ3n) is 5.25. The highest BCUT2D eigenvalue weighted by Gasteiger charge is 2.27. The number of H-pyrrole nitrogens is 1. The van der Waals surface area contributed by atoms with Crippen LogP contribution in [0.25, 0.3) is 22.0 Å². The summed E-state index contributed by atoms with van der Waals surface area (Å²) < 4.78 is 25.2. The van der Waals surface area contributed by atoms with Crippen LogP contribution in [0.3, 0.4) is 0 Å². The van der Waals surface area contributed by atoms with E-state index in [1.165, 1.54) is 6.26 Å². The van der Waals surface area contributed by atoms with Gasteiger partial charge >= 0.3 is 0 Å². The second-order valence-corrected chi connectivity index (χ2v) is 10.4. The molecule has 2 aromatic heterocycles. The summed E-state index contributed by atoms with van der Waals surface area (Å²) in [5.41, 5.74) is 5.17. The van der Waals surface area contributed by atoms with Gasteiger partial charge in [0.2, 0.25) is 0 Å². The zero-order valence-corrected chi connectivity index (χ0v) is 17.4. The largest absolute Gasteiger partial charge is 0.378 e. The third kappa shape index (κ3) is 3.24. The van der Waals surface area contributed by atoms with Crippen molar-refractivity contribution in [2.24, 2.45) is 13.0 Å². The lowest BCUT2D eigenvalue weighted by Crippen LogP contribution is -2.16. The fourth-order valence-corrected chi connectivity index (χ4v) is 4.91. The summed E-state index contributed by atoms with van der Waals surface area (Å²) in [4.78, 5) is 15.8. The SMILES string of the molecule is CC(C)CC1Nc2ccc(CS(C)(=O)=O)cc2-c2cn(C)c(=O)c3[nH]cc1c23. The average Bonchev–Trinajstić information content (AvgIpc) is 2.98. The number of pyridine rings is 1. The summed E-state index contributed by atoms with van der Waals surface area (Å²) in [6.45, 7) is 4.36. The Kier molecular flexibility index (Phi) is 4.38. The molecule has 0 radical (unpaired) electrons. The zero-order chi connectivity index (χ0) is 20.2. The van der Waals surface area contributed by atoms with Crippen LogP contribution in [0.4, 0.5) is 5.69 Å². The van der Waals surface area contributed by atoms with Crippen molar-refractivity contribution < 1.29 is 8.42 Å². The number of aromatic nitrogens is 2. The van der Waals surface area contributed by atoms with Gasteiger partial charge in [0.15, 0.2) is 9.84 Å². The van der Waals surface area contributed by atoms with E-state index in [0.29, 0.717) is 11.4 Å². The molecule has 0 bridgehead atoms. The molecule has 3 heterocycles. The molecule has 7 heteroatoms. The van der Waals surface area contributed by atoms with Gasteiger partial charge in [-0.05, 0) is 30.0 Å². The maximum absolute atomic E-state index is 12.7. The van der Waals surface area contributed by atoms with Gasteiger partial charge < -0.3 is 14.9 Å². The molecule has 0 aliphatic carbocycles. The molecule has 1 unspecified atom stereocenters. The van der Waals surface area contributed by atoms with Crippen LogP contribution in [0.2, 0.25) is 0 Å².